The highest BCUT2D eigenvalue weighted by atomic mass is 19.1. The van der Waals surface area contributed by atoms with Crippen molar-refractivity contribution in [3.8, 4) is 5.69 Å². The minimum absolute atomic E-state index is 0.209. The van der Waals surface area contributed by atoms with Crippen LogP contribution in [0.5, 0.6) is 0 Å². The van der Waals surface area contributed by atoms with Gasteiger partial charge in [0.15, 0.2) is 0 Å². The molecule has 1 aromatic heterocycles. The molecule has 0 amide bonds. The van der Waals surface area contributed by atoms with Crippen molar-refractivity contribution in [2.45, 2.75) is 0 Å². The number of halogens is 1. The average Bonchev–Trinajstić information content (AvgIpc) is 2.54. The third-order valence-electron chi connectivity index (χ3n) is 1.71. The molecule has 0 unspecified atom stereocenters. The molecule has 0 aliphatic rings. The molecule has 0 aliphatic carbocycles. The Morgan fingerprint density at radius 3 is 2.33 bits per heavy atom. The second-order valence-corrected chi connectivity index (χ2v) is 2.57. The molecule has 60 valence electrons. The molecule has 0 N–H and O–H groups in total. The zero-order valence-corrected chi connectivity index (χ0v) is 6.44. The van der Waals surface area contributed by atoms with Crippen molar-refractivity contribution in [3.63, 3.8) is 0 Å². The van der Waals surface area contributed by atoms with E-state index in [4.69, 9.17) is 0 Å². The molecule has 2 rings (SSSR count). The van der Waals surface area contributed by atoms with Crippen LogP contribution in [0.4, 0.5) is 4.39 Å². The van der Waals surface area contributed by atoms with Crippen LogP contribution in [-0.4, -0.2) is 4.57 Å². The summed E-state index contributed by atoms with van der Waals surface area (Å²) in [6.45, 7) is 0. The van der Waals surface area contributed by atoms with Gasteiger partial charge in [-0.2, -0.15) is 0 Å². The first-order valence-electron chi connectivity index (χ1n) is 3.75. The van der Waals surface area contributed by atoms with Gasteiger partial charge in [-0.15, -0.1) is 0 Å². The summed E-state index contributed by atoms with van der Waals surface area (Å²) in [5, 5.41) is 0. The Balaban J connectivity index is 2.45. The lowest BCUT2D eigenvalue weighted by Crippen LogP contribution is -1.87. The van der Waals surface area contributed by atoms with Gasteiger partial charge in [0.05, 0.1) is 0 Å². The Morgan fingerprint density at radius 2 is 1.75 bits per heavy atom. The molecule has 1 heterocycles. The molecule has 0 saturated carbocycles. The van der Waals surface area contributed by atoms with Gasteiger partial charge in [0.2, 0.25) is 0 Å². The first-order valence-corrected chi connectivity index (χ1v) is 3.75. The summed E-state index contributed by atoms with van der Waals surface area (Å²) in [5.41, 5.74) is 0.974. The van der Waals surface area contributed by atoms with Crippen LogP contribution in [-0.2, 0) is 0 Å². The molecule has 0 spiro atoms. The maximum atomic E-state index is 12.6. The van der Waals surface area contributed by atoms with Gasteiger partial charge in [-0.05, 0) is 18.2 Å². The normalized spacial score (nSPS) is 10.1. The maximum absolute atomic E-state index is 12.6. The van der Waals surface area contributed by atoms with Crippen molar-refractivity contribution < 1.29 is 4.39 Å². The number of benzene rings is 1. The second-order valence-electron chi connectivity index (χ2n) is 2.57. The molecular weight excluding hydrogens is 153 g/mol. The van der Waals surface area contributed by atoms with Crippen molar-refractivity contribution in [1.82, 2.24) is 4.57 Å². The molecule has 2 aromatic rings. The highest BCUT2D eigenvalue weighted by Crippen LogP contribution is 2.08. The predicted octanol–water partition coefficient (Wildman–Crippen LogP) is 2.62. The van der Waals surface area contributed by atoms with Crippen LogP contribution in [0.1, 0.15) is 0 Å². The van der Waals surface area contributed by atoms with Crippen LogP contribution in [0, 0.1) is 5.82 Å². The summed E-state index contributed by atoms with van der Waals surface area (Å²) in [6.07, 6.45) is 3.15. The highest BCUT2D eigenvalue weighted by Gasteiger charge is 1.95. The van der Waals surface area contributed by atoms with Gasteiger partial charge in [0, 0.05) is 18.1 Å². The molecule has 0 atom stereocenters. The fourth-order valence-electron chi connectivity index (χ4n) is 1.13. The van der Waals surface area contributed by atoms with E-state index in [0.29, 0.717) is 0 Å². The van der Waals surface area contributed by atoms with Crippen LogP contribution in [0.3, 0.4) is 0 Å². The quantitative estimate of drug-likeness (QED) is 0.605. The van der Waals surface area contributed by atoms with E-state index < -0.39 is 0 Å². The third kappa shape index (κ3) is 1.23. The molecule has 0 bridgehead atoms. The van der Waals surface area contributed by atoms with E-state index in [1.54, 1.807) is 10.8 Å². The van der Waals surface area contributed by atoms with Crippen LogP contribution in [0.25, 0.3) is 5.69 Å². The topological polar surface area (TPSA) is 4.93 Å². The zero-order valence-electron chi connectivity index (χ0n) is 6.44. The van der Waals surface area contributed by atoms with Crippen molar-refractivity contribution in [2.75, 3.05) is 0 Å². The molecule has 2 heteroatoms. The van der Waals surface area contributed by atoms with Crippen molar-refractivity contribution in [3.05, 3.63) is 54.6 Å². The molecule has 0 aliphatic heterocycles. The van der Waals surface area contributed by atoms with Crippen LogP contribution in [0.15, 0.2) is 48.8 Å². The van der Waals surface area contributed by atoms with E-state index in [9.17, 15) is 4.39 Å². The standard InChI is InChI=1S/C10H8FN/c11-9-6-7-12(8-9)10-4-2-1-3-5-10/h1-8H. The predicted molar refractivity (Wildman–Crippen MR) is 45.7 cm³/mol. The summed E-state index contributed by atoms with van der Waals surface area (Å²) in [6, 6.07) is 11.1. The molecular formula is C10H8FN. The van der Waals surface area contributed by atoms with Gasteiger partial charge in [-0.3, -0.25) is 0 Å². The van der Waals surface area contributed by atoms with Crippen molar-refractivity contribution >= 4 is 0 Å². The fraction of sp³-hybridized carbons (Fsp3) is 0. The summed E-state index contributed by atoms with van der Waals surface area (Å²) in [4.78, 5) is 0. The maximum Gasteiger partial charge on any atom is 0.141 e. The molecule has 0 saturated heterocycles. The fourth-order valence-corrected chi connectivity index (χ4v) is 1.13. The minimum atomic E-state index is -0.209. The summed E-state index contributed by atoms with van der Waals surface area (Å²) in [5.74, 6) is -0.209. The highest BCUT2D eigenvalue weighted by molar-refractivity contribution is 5.31. The number of hydrogen-bond donors (Lipinski definition) is 0. The largest absolute Gasteiger partial charge is 0.321 e. The third-order valence-corrected chi connectivity index (χ3v) is 1.71. The van der Waals surface area contributed by atoms with Gasteiger partial charge < -0.3 is 4.57 Å². The number of aromatic nitrogens is 1. The Morgan fingerprint density at radius 1 is 1.00 bits per heavy atom. The Kier molecular flexibility index (Phi) is 1.67. The van der Waals surface area contributed by atoms with Gasteiger partial charge in [-0.25, -0.2) is 4.39 Å². The van der Waals surface area contributed by atoms with Crippen LogP contribution >= 0.6 is 0 Å². The molecule has 1 aromatic carbocycles. The van der Waals surface area contributed by atoms with Gasteiger partial charge in [0.25, 0.3) is 0 Å². The number of hydrogen-bond acceptors (Lipinski definition) is 0. The number of nitrogens with zero attached hydrogens (tertiary/aromatic N) is 1. The SMILES string of the molecule is Fc1ccn(-c2ccccc2)c1. The lowest BCUT2D eigenvalue weighted by Gasteiger charge is -1.99. The number of para-hydroxylation sites is 1. The van der Waals surface area contributed by atoms with Crippen LogP contribution < -0.4 is 0 Å². The average molecular weight is 161 g/mol. The zero-order chi connectivity index (χ0) is 8.39. The first kappa shape index (κ1) is 7.10. The van der Waals surface area contributed by atoms with Gasteiger partial charge in [0.1, 0.15) is 5.82 Å². The van der Waals surface area contributed by atoms with E-state index in [-0.39, 0.29) is 5.82 Å². The molecule has 0 radical (unpaired) electrons. The number of rotatable bonds is 1. The summed E-state index contributed by atoms with van der Waals surface area (Å²) in [7, 11) is 0. The Hall–Kier alpha value is -1.57. The lowest BCUT2D eigenvalue weighted by atomic mass is 10.3. The lowest BCUT2D eigenvalue weighted by molar-refractivity contribution is 0.627. The summed E-state index contributed by atoms with van der Waals surface area (Å²) < 4.78 is 14.3. The Labute approximate surface area is 70.1 Å². The Bertz CT molecular complexity index is 364. The van der Waals surface area contributed by atoms with E-state index in [1.807, 2.05) is 30.3 Å². The monoisotopic (exact) mass is 161 g/mol. The van der Waals surface area contributed by atoms with Gasteiger partial charge >= 0.3 is 0 Å². The molecule has 1 nitrogen and oxygen atoms in total. The van der Waals surface area contributed by atoms with E-state index in [2.05, 4.69) is 0 Å². The molecule has 12 heavy (non-hydrogen) atoms. The van der Waals surface area contributed by atoms with Crippen molar-refractivity contribution in [1.29, 1.82) is 0 Å². The minimum Gasteiger partial charge on any atom is -0.321 e. The second kappa shape index (κ2) is 2.81. The molecule has 0 fully saturated rings. The smallest absolute Gasteiger partial charge is 0.141 e. The first-order chi connectivity index (χ1) is 5.86. The van der Waals surface area contributed by atoms with E-state index >= 15 is 0 Å². The van der Waals surface area contributed by atoms with E-state index in [0.717, 1.165) is 5.69 Å². The van der Waals surface area contributed by atoms with E-state index in [1.165, 1.54) is 12.3 Å². The summed E-state index contributed by atoms with van der Waals surface area (Å²) >= 11 is 0. The van der Waals surface area contributed by atoms with Crippen molar-refractivity contribution in [2.24, 2.45) is 0 Å². The van der Waals surface area contributed by atoms with Crippen LogP contribution in [0.2, 0.25) is 0 Å². The van der Waals surface area contributed by atoms with Gasteiger partial charge in [-0.1, -0.05) is 18.2 Å².